The number of anilines is 1. The third-order valence-electron chi connectivity index (χ3n) is 5.65. The zero-order valence-corrected chi connectivity index (χ0v) is 18.3. The molecule has 0 aliphatic carbocycles. The molecule has 7 nitrogen and oxygen atoms in total. The molecule has 1 aliphatic rings. The van der Waals surface area contributed by atoms with Crippen molar-refractivity contribution < 1.29 is 13.2 Å². The fraction of sp³-hybridized carbons (Fsp3) is 0.409. The average molecular weight is 431 g/mol. The third-order valence-corrected chi connectivity index (χ3v) is 7.92. The van der Waals surface area contributed by atoms with Gasteiger partial charge in [-0.05, 0) is 69.6 Å². The van der Waals surface area contributed by atoms with Crippen LogP contribution in [0.5, 0.6) is 0 Å². The molecule has 1 saturated heterocycles. The average Bonchev–Trinajstić information content (AvgIpc) is 2.77. The van der Waals surface area contributed by atoms with Crippen LogP contribution >= 0.6 is 0 Å². The van der Waals surface area contributed by atoms with Crippen LogP contribution in [0, 0.1) is 0 Å². The minimum atomic E-state index is -3.55. The molecule has 3 rings (SSSR count). The van der Waals surface area contributed by atoms with E-state index in [1.54, 1.807) is 24.3 Å². The summed E-state index contributed by atoms with van der Waals surface area (Å²) in [6, 6.07) is 16.4. The van der Waals surface area contributed by atoms with E-state index in [-0.39, 0.29) is 12.5 Å². The van der Waals surface area contributed by atoms with Crippen molar-refractivity contribution in [3.05, 3.63) is 65.7 Å². The Hall–Kier alpha value is -2.42. The van der Waals surface area contributed by atoms with Crippen LogP contribution in [0.3, 0.4) is 0 Å². The lowest BCUT2D eigenvalue weighted by atomic mass is 10.1. The standard InChI is InChI=1S/C22H30N4O3S/c1-17(2)25-14-12-21(13-15-25)30(28,29)26(20-6-4-3-5-7-20)16-18-8-10-19(11-9-18)22(27)24-23/h3-11,17,21H,12-16,23H2,1-2H3,(H,24,27). The van der Waals surface area contributed by atoms with Crippen LogP contribution in [-0.4, -0.2) is 43.6 Å². The molecule has 1 amide bonds. The highest BCUT2D eigenvalue weighted by Crippen LogP contribution is 2.28. The maximum absolute atomic E-state index is 13.6. The summed E-state index contributed by atoms with van der Waals surface area (Å²) in [5.74, 6) is 4.79. The van der Waals surface area contributed by atoms with Gasteiger partial charge in [0, 0.05) is 11.6 Å². The second kappa shape index (κ2) is 9.59. The van der Waals surface area contributed by atoms with E-state index in [1.807, 2.05) is 30.3 Å². The summed E-state index contributed by atoms with van der Waals surface area (Å²) in [6.45, 7) is 6.06. The minimum absolute atomic E-state index is 0.210. The second-order valence-electron chi connectivity index (χ2n) is 7.89. The smallest absolute Gasteiger partial charge is 0.265 e. The van der Waals surface area contributed by atoms with E-state index in [9.17, 15) is 13.2 Å². The number of piperidine rings is 1. The minimum Gasteiger partial charge on any atom is -0.301 e. The van der Waals surface area contributed by atoms with Gasteiger partial charge in [0.2, 0.25) is 10.0 Å². The first kappa shape index (κ1) is 22.3. The summed E-state index contributed by atoms with van der Waals surface area (Å²) in [4.78, 5) is 14.0. The molecule has 162 valence electrons. The summed E-state index contributed by atoms with van der Waals surface area (Å²) >= 11 is 0. The SMILES string of the molecule is CC(C)N1CCC(S(=O)(=O)N(Cc2ccc(C(=O)NN)cc2)c2ccccc2)CC1. The monoisotopic (exact) mass is 430 g/mol. The van der Waals surface area contributed by atoms with Gasteiger partial charge in [0.15, 0.2) is 0 Å². The van der Waals surface area contributed by atoms with Crippen molar-refractivity contribution in [1.29, 1.82) is 0 Å². The maximum Gasteiger partial charge on any atom is 0.265 e. The molecule has 0 unspecified atom stereocenters. The Morgan fingerprint density at radius 1 is 1.10 bits per heavy atom. The summed E-state index contributed by atoms with van der Waals surface area (Å²) in [6.07, 6.45) is 1.25. The molecular formula is C22H30N4O3S. The first-order valence-corrected chi connectivity index (χ1v) is 11.7. The normalized spacial score (nSPS) is 15.9. The number of carbonyl (C=O) groups excluding carboxylic acids is 1. The first-order valence-electron chi connectivity index (χ1n) is 10.2. The molecule has 8 heteroatoms. The van der Waals surface area contributed by atoms with Crippen LogP contribution < -0.4 is 15.6 Å². The number of nitrogens with one attached hydrogen (secondary N) is 1. The maximum atomic E-state index is 13.6. The molecule has 0 radical (unpaired) electrons. The number of hydrazine groups is 1. The molecule has 2 aromatic rings. The van der Waals surface area contributed by atoms with Crippen molar-refractivity contribution in [2.45, 2.75) is 44.5 Å². The summed E-state index contributed by atoms with van der Waals surface area (Å²) in [5.41, 5.74) is 3.97. The van der Waals surface area contributed by atoms with Gasteiger partial charge >= 0.3 is 0 Å². The number of sulfonamides is 1. The molecule has 0 aromatic heterocycles. The van der Waals surface area contributed by atoms with Crippen molar-refractivity contribution >= 4 is 21.6 Å². The number of nitrogen functional groups attached to an aromatic ring is 1. The van der Waals surface area contributed by atoms with Gasteiger partial charge in [-0.2, -0.15) is 0 Å². The van der Waals surface area contributed by atoms with E-state index >= 15 is 0 Å². The first-order chi connectivity index (χ1) is 14.3. The summed E-state index contributed by atoms with van der Waals surface area (Å²) in [7, 11) is -3.55. The Morgan fingerprint density at radius 2 is 1.70 bits per heavy atom. The number of benzene rings is 2. The lowest BCUT2D eigenvalue weighted by molar-refractivity contribution is 0.0953. The molecule has 1 aliphatic heterocycles. The van der Waals surface area contributed by atoms with Gasteiger partial charge in [-0.3, -0.25) is 14.5 Å². The predicted molar refractivity (Wildman–Crippen MR) is 119 cm³/mol. The topological polar surface area (TPSA) is 95.7 Å². The molecular weight excluding hydrogens is 400 g/mol. The van der Waals surface area contributed by atoms with Gasteiger partial charge in [0.05, 0.1) is 17.5 Å². The summed E-state index contributed by atoms with van der Waals surface area (Å²) in [5, 5.41) is -0.407. The second-order valence-corrected chi connectivity index (χ2v) is 10.0. The van der Waals surface area contributed by atoms with E-state index in [2.05, 4.69) is 24.2 Å². The van der Waals surface area contributed by atoms with Crippen LogP contribution in [0.4, 0.5) is 5.69 Å². The third kappa shape index (κ3) is 5.00. The van der Waals surface area contributed by atoms with Crippen LogP contribution in [0.1, 0.15) is 42.6 Å². The molecule has 2 aromatic carbocycles. The molecule has 0 bridgehead atoms. The molecule has 3 N–H and O–H groups in total. The molecule has 1 fully saturated rings. The summed E-state index contributed by atoms with van der Waals surface area (Å²) < 4.78 is 28.7. The highest BCUT2D eigenvalue weighted by molar-refractivity contribution is 7.93. The molecule has 1 heterocycles. The number of carbonyl (C=O) groups is 1. The predicted octanol–water partition coefficient (Wildman–Crippen LogP) is 2.50. The number of hydrogen-bond acceptors (Lipinski definition) is 5. The Morgan fingerprint density at radius 3 is 2.23 bits per heavy atom. The Kier molecular flexibility index (Phi) is 7.12. The van der Waals surface area contributed by atoms with Crippen molar-refractivity contribution in [1.82, 2.24) is 10.3 Å². The molecule has 0 saturated carbocycles. The largest absolute Gasteiger partial charge is 0.301 e. The number of nitrogens with two attached hydrogens (primary N) is 1. The zero-order valence-electron chi connectivity index (χ0n) is 17.5. The van der Waals surface area contributed by atoms with Gasteiger partial charge in [-0.15, -0.1) is 0 Å². The Bertz CT molecular complexity index is 938. The number of rotatable bonds is 7. The number of para-hydroxylation sites is 1. The zero-order chi connectivity index (χ0) is 21.7. The van der Waals surface area contributed by atoms with Crippen molar-refractivity contribution in [2.75, 3.05) is 17.4 Å². The highest BCUT2D eigenvalue weighted by atomic mass is 32.2. The molecule has 0 atom stereocenters. The van der Waals surface area contributed by atoms with E-state index in [4.69, 9.17) is 5.84 Å². The van der Waals surface area contributed by atoms with Crippen molar-refractivity contribution in [2.24, 2.45) is 5.84 Å². The quantitative estimate of drug-likeness (QED) is 0.400. The lowest BCUT2D eigenvalue weighted by Crippen LogP contribution is -2.47. The fourth-order valence-corrected chi connectivity index (χ4v) is 5.71. The highest BCUT2D eigenvalue weighted by Gasteiger charge is 2.35. The van der Waals surface area contributed by atoms with Crippen molar-refractivity contribution in [3.8, 4) is 0 Å². The fourth-order valence-electron chi connectivity index (χ4n) is 3.80. The van der Waals surface area contributed by atoms with Crippen LogP contribution in [0.15, 0.2) is 54.6 Å². The molecule has 0 spiro atoms. The lowest BCUT2D eigenvalue weighted by Gasteiger charge is -2.37. The van der Waals surface area contributed by atoms with Gasteiger partial charge < -0.3 is 4.90 Å². The Labute approximate surface area is 178 Å². The van der Waals surface area contributed by atoms with E-state index in [0.717, 1.165) is 18.7 Å². The van der Waals surface area contributed by atoms with Crippen LogP contribution in [0.25, 0.3) is 0 Å². The Balaban J connectivity index is 1.85. The number of hydrogen-bond donors (Lipinski definition) is 2. The molecule has 30 heavy (non-hydrogen) atoms. The van der Waals surface area contributed by atoms with Crippen LogP contribution in [-0.2, 0) is 16.6 Å². The van der Waals surface area contributed by atoms with Gasteiger partial charge in [-0.25, -0.2) is 14.3 Å². The van der Waals surface area contributed by atoms with Crippen LogP contribution in [0.2, 0.25) is 0 Å². The number of amides is 1. The van der Waals surface area contributed by atoms with E-state index in [0.29, 0.717) is 30.1 Å². The number of nitrogens with zero attached hydrogens (tertiary/aromatic N) is 2. The van der Waals surface area contributed by atoms with Gasteiger partial charge in [0.1, 0.15) is 0 Å². The van der Waals surface area contributed by atoms with Crippen molar-refractivity contribution in [3.63, 3.8) is 0 Å². The van der Waals surface area contributed by atoms with E-state index in [1.165, 1.54) is 4.31 Å². The van der Waals surface area contributed by atoms with Gasteiger partial charge in [-0.1, -0.05) is 30.3 Å². The van der Waals surface area contributed by atoms with E-state index < -0.39 is 15.3 Å². The number of likely N-dealkylation sites (tertiary alicyclic amines) is 1. The van der Waals surface area contributed by atoms with Gasteiger partial charge in [0.25, 0.3) is 5.91 Å².